The molecule has 22 heteroatoms. The molecule has 0 aliphatic heterocycles. The summed E-state index contributed by atoms with van der Waals surface area (Å²) in [5.74, 6) is -5.43. The predicted octanol–water partition coefficient (Wildman–Crippen LogP) is -6.79. The molecule has 0 unspecified atom stereocenters. The molecule has 0 radical (unpaired) electrons. The van der Waals surface area contributed by atoms with Gasteiger partial charge in [0.25, 0.3) is 5.91 Å². The van der Waals surface area contributed by atoms with Crippen molar-refractivity contribution in [3.8, 4) is 0 Å². The van der Waals surface area contributed by atoms with Crippen LogP contribution in [0.15, 0.2) is 0 Å². The zero-order valence-electron chi connectivity index (χ0n) is 27.2. The molecule has 0 aliphatic carbocycles. The van der Waals surface area contributed by atoms with E-state index in [1.165, 1.54) is 20.8 Å². The van der Waals surface area contributed by atoms with E-state index >= 15 is 0 Å². The molecule has 0 saturated heterocycles. The topological polar surface area (TPSA) is 372 Å². The highest BCUT2D eigenvalue weighted by Crippen LogP contribution is 2.47. The van der Waals surface area contributed by atoms with Crippen molar-refractivity contribution < 1.29 is 64.5 Å². The lowest BCUT2D eigenvalue weighted by atomic mass is 10.0. The Morgan fingerprint density at radius 2 is 1.23 bits per heavy atom. The number of quaternary nitrogens is 2. The fraction of sp³-hybridized carbons (Fsp3) is 0.760. The number of rotatable bonds is 23. The third-order valence-corrected chi connectivity index (χ3v) is 7.21. The summed E-state index contributed by atoms with van der Waals surface area (Å²) in [5.41, 5.74) is 18.3. The fourth-order valence-corrected chi connectivity index (χ4v) is 4.49. The molecule has 0 fully saturated rings. The lowest BCUT2D eigenvalue weighted by molar-refractivity contribution is -0.398. The van der Waals surface area contributed by atoms with Crippen molar-refractivity contribution in [1.82, 2.24) is 31.9 Å². The molecule has 0 bridgehead atoms. The maximum atomic E-state index is 13.6. The second-order valence-corrected chi connectivity index (χ2v) is 12.3. The highest BCUT2D eigenvalue weighted by molar-refractivity contribution is 7.53. The number of unbranched alkanes of at least 4 members (excludes halogenated alkanes) is 1. The Bertz CT molecular complexity index is 1050. The number of carbonyl (C=O) groups is 6. The first-order chi connectivity index (χ1) is 21.7. The molecule has 5 amide bonds. The van der Waals surface area contributed by atoms with E-state index in [1.54, 1.807) is 0 Å². The number of hydrogen-bond donors (Lipinski definition) is 14. The summed E-state index contributed by atoms with van der Waals surface area (Å²) in [4.78, 5) is 105. The molecular formula is C25H54N10O11P+3. The van der Waals surface area contributed by atoms with Crippen LogP contribution in [0.4, 0.5) is 0 Å². The fourth-order valence-electron chi connectivity index (χ4n) is 3.93. The van der Waals surface area contributed by atoms with Gasteiger partial charge in [-0.15, -0.1) is 4.52 Å². The van der Waals surface area contributed by atoms with Crippen LogP contribution < -0.4 is 54.8 Å². The molecule has 7 atom stereocenters. The summed E-state index contributed by atoms with van der Waals surface area (Å²) in [5, 5.41) is 23.8. The molecule has 272 valence electrons. The van der Waals surface area contributed by atoms with Gasteiger partial charge < -0.3 is 54.6 Å². The van der Waals surface area contributed by atoms with E-state index in [0.29, 0.717) is 25.8 Å². The highest BCUT2D eigenvalue weighted by atomic mass is 31.2. The lowest BCUT2D eigenvalue weighted by Gasteiger charge is -2.28. The van der Waals surface area contributed by atoms with Crippen molar-refractivity contribution in [2.45, 2.75) is 108 Å². The molecule has 0 aromatic carbocycles. The molecule has 0 spiro atoms. The van der Waals surface area contributed by atoms with Crippen LogP contribution in [0.5, 0.6) is 0 Å². The first kappa shape index (κ1) is 43.9. The summed E-state index contributed by atoms with van der Waals surface area (Å²) >= 11 is 0. The Labute approximate surface area is 273 Å². The van der Waals surface area contributed by atoms with Gasteiger partial charge in [0.05, 0.1) is 6.54 Å². The molecule has 21 nitrogen and oxygen atoms in total. The standard InChI is InChI=1S/C25H51N10O11P/c1-12(27)19(36)33-17(9-7-11-30-25(28)29)22(39)35-18(15(4)46-47(43,44)45)23(40)34-16(8-5-6-10-26)21(38)31-13(2)20(37)32-14(3)24(41)42/h12-18,25,30,43-45H,5-11,26-29H2,1-4H3,(H5-,31,32,33,34,35,36,37,38,39,40,41,42)/p+3/t12-,13-,14-,15+,16-,17-,18-/m0/s1. The van der Waals surface area contributed by atoms with Crippen LogP contribution in [0.3, 0.4) is 0 Å². The van der Waals surface area contributed by atoms with Gasteiger partial charge in [0.2, 0.25) is 23.6 Å². The molecule has 0 rings (SSSR count). The molecule has 0 aliphatic rings. The largest absolute Gasteiger partial charge is 0.567 e. The summed E-state index contributed by atoms with van der Waals surface area (Å²) in [6.07, 6.45) is -1.06. The quantitative estimate of drug-likeness (QED) is 0.0268. The Morgan fingerprint density at radius 3 is 1.72 bits per heavy atom. The van der Waals surface area contributed by atoms with E-state index in [2.05, 4.69) is 43.4 Å². The van der Waals surface area contributed by atoms with Gasteiger partial charge in [-0.2, -0.15) is 14.7 Å². The predicted molar refractivity (Wildman–Crippen MR) is 166 cm³/mol. The van der Waals surface area contributed by atoms with E-state index in [0.717, 1.165) is 6.92 Å². The number of aliphatic carboxylic acids is 1. The van der Waals surface area contributed by atoms with Crippen molar-refractivity contribution in [1.29, 1.82) is 0 Å². The molecule has 0 heterocycles. The van der Waals surface area contributed by atoms with Gasteiger partial charge in [-0.3, -0.25) is 34.1 Å². The summed E-state index contributed by atoms with van der Waals surface area (Å²) < 4.78 is 4.80. The van der Waals surface area contributed by atoms with Gasteiger partial charge >= 0.3 is 14.1 Å². The van der Waals surface area contributed by atoms with Crippen LogP contribution in [0.25, 0.3) is 0 Å². The number of nitrogens with two attached hydrogens (primary N) is 2. The minimum atomic E-state index is -4.94. The first-order valence-electron chi connectivity index (χ1n) is 15.1. The van der Waals surface area contributed by atoms with E-state index in [-0.39, 0.29) is 19.4 Å². The Morgan fingerprint density at radius 1 is 0.723 bits per heavy atom. The lowest BCUT2D eigenvalue weighted by Crippen LogP contribution is -2.68. The maximum Gasteiger partial charge on any atom is 0.567 e. The maximum absolute atomic E-state index is 13.6. The van der Waals surface area contributed by atoms with Crippen molar-refractivity contribution in [2.24, 2.45) is 11.5 Å². The Kier molecular flexibility index (Phi) is 20.3. The zero-order chi connectivity index (χ0) is 36.5. The normalized spacial score (nSPS) is 16.1. The van der Waals surface area contributed by atoms with E-state index in [1.807, 2.05) is 0 Å². The Balaban J connectivity index is 6.15. The van der Waals surface area contributed by atoms with Crippen molar-refractivity contribution in [2.75, 3.05) is 13.1 Å². The van der Waals surface area contributed by atoms with Crippen molar-refractivity contribution in [3.63, 3.8) is 0 Å². The molecular weight excluding hydrogens is 647 g/mol. The second kappa shape index (κ2) is 21.7. The number of nitrogens with one attached hydrogen (secondary N) is 6. The van der Waals surface area contributed by atoms with Crippen LogP contribution in [-0.2, 0) is 33.3 Å². The van der Waals surface area contributed by atoms with Crippen LogP contribution in [-0.4, -0.2) is 117 Å². The average molecular weight is 702 g/mol. The number of amides is 5. The van der Waals surface area contributed by atoms with Gasteiger partial charge in [0.1, 0.15) is 42.6 Å². The molecule has 0 aromatic heterocycles. The van der Waals surface area contributed by atoms with Gasteiger partial charge in [-0.1, -0.05) is 0 Å². The number of carboxylic acid groups (broad SMARTS) is 1. The average Bonchev–Trinajstić information content (AvgIpc) is 2.95. The number of hydrogen-bond acceptors (Lipinski definition) is 13. The number of carboxylic acids is 1. The SMILES string of the molecule is C[C@H]([NH3+])C(=O)N[C@@H](CCCNC(N)N)C(=O)N[C@H](C(=O)N[C@@H](CCCC[NH3+])C(=O)N[C@@H](C)C(=O)N[C@@H](C)C(=O)O)[C@@H](C)O[P+](O)(O)O. The minimum absolute atomic E-state index is 0.0427. The van der Waals surface area contributed by atoms with E-state index < -0.39 is 92.3 Å². The summed E-state index contributed by atoms with van der Waals surface area (Å²) in [6, 6.07) is -7.45. The van der Waals surface area contributed by atoms with Crippen LogP contribution in [0, 0.1) is 0 Å². The number of carbonyl (C=O) groups excluding carboxylic acids is 5. The third kappa shape index (κ3) is 18.7. The second-order valence-electron chi connectivity index (χ2n) is 11.1. The summed E-state index contributed by atoms with van der Waals surface area (Å²) in [6.45, 7) is 5.96. The van der Waals surface area contributed by atoms with Crippen LogP contribution in [0.2, 0.25) is 0 Å². The molecule has 0 aromatic rings. The molecule has 0 saturated carbocycles. The van der Waals surface area contributed by atoms with Crippen molar-refractivity contribution >= 4 is 43.7 Å². The summed E-state index contributed by atoms with van der Waals surface area (Å²) in [7, 11) is -4.94. The monoisotopic (exact) mass is 701 g/mol. The van der Waals surface area contributed by atoms with Crippen LogP contribution in [0.1, 0.15) is 59.8 Å². The van der Waals surface area contributed by atoms with Gasteiger partial charge in [-0.05, 0) is 66.3 Å². The zero-order valence-corrected chi connectivity index (χ0v) is 28.1. The smallest absolute Gasteiger partial charge is 0.480 e. The van der Waals surface area contributed by atoms with E-state index in [9.17, 15) is 43.4 Å². The van der Waals surface area contributed by atoms with Gasteiger partial charge in [0, 0.05) is 0 Å². The van der Waals surface area contributed by atoms with E-state index in [4.69, 9.17) is 21.1 Å². The first-order valence-corrected chi connectivity index (χ1v) is 16.6. The molecule has 47 heavy (non-hydrogen) atoms. The minimum Gasteiger partial charge on any atom is -0.480 e. The van der Waals surface area contributed by atoms with Gasteiger partial charge in [-0.25, -0.2) is 0 Å². The Hall–Kier alpha value is -3.11. The molecule has 20 N–H and O–H groups in total. The van der Waals surface area contributed by atoms with Gasteiger partial charge in [0.15, 0.2) is 6.04 Å². The van der Waals surface area contributed by atoms with Crippen molar-refractivity contribution in [3.05, 3.63) is 0 Å². The third-order valence-electron chi connectivity index (χ3n) is 6.59. The van der Waals surface area contributed by atoms with Crippen LogP contribution >= 0.6 is 8.17 Å². The highest BCUT2D eigenvalue weighted by Gasteiger charge is 2.43.